The Morgan fingerprint density at radius 3 is 2.43 bits per heavy atom. The van der Waals surface area contributed by atoms with Crippen LogP contribution in [0.4, 0.5) is 8.78 Å². The van der Waals surface area contributed by atoms with Crippen LogP contribution < -0.4 is 0 Å². The molecule has 72 valence electrons. The molecule has 0 aliphatic heterocycles. The van der Waals surface area contributed by atoms with Crippen molar-refractivity contribution in [1.29, 1.82) is 0 Å². The van der Waals surface area contributed by atoms with Crippen LogP contribution in [-0.2, 0) is 0 Å². The molecule has 0 N–H and O–H groups in total. The lowest BCUT2D eigenvalue weighted by molar-refractivity contribution is 0.509. The van der Waals surface area contributed by atoms with Crippen molar-refractivity contribution in [2.24, 2.45) is 0 Å². The van der Waals surface area contributed by atoms with Gasteiger partial charge in [0.2, 0.25) is 0 Å². The minimum Gasteiger partial charge on any atom is -0.204 e. The third-order valence-electron chi connectivity index (χ3n) is 2.04. The summed E-state index contributed by atoms with van der Waals surface area (Å²) in [5.41, 5.74) is 1.82. The molecule has 0 saturated heterocycles. The summed E-state index contributed by atoms with van der Waals surface area (Å²) in [5, 5.41) is 1.94. The van der Waals surface area contributed by atoms with Gasteiger partial charge in [0.05, 0.1) is 0 Å². The predicted octanol–water partition coefficient (Wildman–Crippen LogP) is 4.00. The van der Waals surface area contributed by atoms with Gasteiger partial charge < -0.3 is 0 Å². The molecule has 0 saturated carbocycles. The van der Waals surface area contributed by atoms with Crippen molar-refractivity contribution in [3.63, 3.8) is 0 Å². The molecular weight excluding hydrogens is 202 g/mol. The lowest BCUT2D eigenvalue weighted by Gasteiger charge is -2.00. The highest BCUT2D eigenvalue weighted by atomic mass is 32.1. The molecule has 0 nitrogen and oxygen atoms in total. The normalized spacial score (nSPS) is 10.5. The molecule has 0 aliphatic carbocycles. The number of benzene rings is 1. The zero-order valence-electron chi connectivity index (χ0n) is 7.55. The van der Waals surface area contributed by atoms with Gasteiger partial charge in [0.1, 0.15) is 0 Å². The fourth-order valence-electron chi connectivity index (χ4n) is 1.31. The first-order chi connectivity index (χ1) is 6.68. The van der Waals surface area contributed by atoms with E-state index in [9.17, 15) is 8.78 Å². The number of aryl methyl sites for hydroxylation is 1. The SMILES string of the molecule is Cc1ccsc1-c1ccc(F)c(F)c1. The predicted molar refractivity (Wildman–Crippen MR) is 54.4 cm³/mol. The Balaban J connectivity index is 2.53. The Morgan fingerprint density at radius 1 is 1.07 bits per heavy atom. The zero-order valence-corrected chi connectivity index (χ0v) is 8.37. The highest BCUT2D eigenvalue weighted by Gasteiger charge is 2.07. The smallest absolute Gasteiger partial charge is 0.159 e. The van der Waals surface area contributed by atoms with Crippen LogP contribution in [0.2, 0.25) is 0 Å². The van der Waals surface area contributed by atoms with Gasteiger partial charge in [0.25, 0.3) is 0 Å². The lowest BCUT2D eigenvalue weighted by Crippen LogP contribution is -1.84. The Morgan fingerprint density at radius 2 is 1.86 bits per heavy atom. The molecule has 0 bridgehead atoms. The van der Waals surface area contributed by atoms with Crippen LogP contribution in [0.15, 0.2) is 29.6 Å². The van der Waals surface area contributed by atoms with Crippen LogP contribution in [0.3, 0.4) is 0 Å². The maximum Gasteiger partial charge on any atom is 0.159 e. The summed E-state index contributed by atoms with van der Waals surface area (Å²) in [6.45, 7) is 1.95. The van der Waals surface area contributed by atoms with Crippen molar-refractivity contribution in [3.05, 3.63) is 46.8 Å². The van der Waals surface area contributed by atoms with Crippen LogP contribution in [0, 0.1) is 18.6 Å². The fourth-order valence-corrected chi connectivity index (χ4v) is 2.23. The van der Waals surface area contributed by atoms with Gasteiger partial charge in [0.15, 0.2) is 11.6 Å². The molecule has 0 unspecified atom stereocenters. The van der Waals surface area contributed by atoms with Crippen LogP contribution in [0.1, 0.15) is 5.56 Å². The summed E-state index contributed by atoms with van der Waals surface area (Å²) in [7, 11) is 0. The van der Waals surface area contributed by atoms with E-state index in [1.54, 1.807) is 6.07 Å². The van der Waals surface area contributed by atoms with Crippen molar-refractivity contribution in [3.8, 4) is 10.4 Å². The minimum atomic E-state index is -0.803. The van der Waals surface area contributed by atoms with Crippen LogP contribution in [0.5, 0.6) is 0 Å². The molecule has 0 spiro atoms. The highest BCUT2D eigenvalue weighted by molar-refractivity contribution is 7.13. The monoisotopic (exact) mass is 210 g/mol. The van der Waals surface area contributed by atoms with Gasteiger partial charge in [-0.1, -0.05) is 6.07 Å². The molecule has 0 fully saturated rings. The fraction of sp³-hybridized carbons (Fsp3) is 0.0909. The summed E-state index contributed by atoms with van der Waals surface area (Å²) >= 11 is 1.53. The largest absolute Gasteiger partial charge is 0.204 e. The number of halogens is 2. The number of hydrogen-bond acceptors (Lipinski definition) is 1. The van der Waals surface area contributed by atoms with Gasteiger partial charge in [-0.05, 0) is 41.6 Å². The second-order valence-electron chi connectivity index (χ2n) is 3.06. The topological polar surface area (TPSA) is 0 Å². The molecule has 0 radical (unpaired) electrons. The van der Waals surface area contributed by atoms with E-state index in [1.807, 2.05) is 18.4 Å². The molecule has 1 aromatic heterocycles. The first kappa shape index (κ1) is 9.34. The summed E-state index contributed by atoms with van der Waals surface area (Å²) in [4.78, 5) is 0.990. The zero-order chi connectivity index (χ0) is 10.1. The van der Waals surface area contributed by atoms with Gasteiger partial charge in [-0.3, -0.25) is 0 Å². The van der Waals surface area contributed by atoms with E-state index in [4.69, 9.17) is 0 Å². The quantitative estimate of drug-likeness (QED) is 0.667. The lowest BCUT2D eigenvalue weighted by atomic mass is 10.1. The van der Waals surface area contributed by atoms with Crippen molar-refractivity contribution in [2.45, 2.75) is 6.92 Å². The molecule has 0 amide bonds. The van der Waals surface area contributed by atoms with Gasteiger partial charge >= 0.3 is 0 Å². The first-order valence-electron chi connectivity index (χ1n) is 4.18. The van der Waals surface area contributed by atoms with E-state index in [0.717, 1.165) is 22.1 Å². The van der Waals surface area contributed by atoms with Crippen molar-refractivity contribution < 1.29 is 8.78 Å². The van der Waals surface area contributed by atoms with Crippen molar-refractivity contribution >= 4 is 11.3 Å². The summed E-state index contributed by atoms with van der Waals surface area (Å²) in [6, 6.07) is 5.94. The van der Waals surface area contributed by atoms with Crippen molar-refractivity contribution in [1.82, 2.24) is 0 Å². The Kier molecular flexibility index (Phi) is 2.33. The van der Waals surface area contributed by atoms with Crippen LogP contribution in [0.25, 0.3) is 10.4 Å². The van der Waals surface area contributed by atoms with E-state index in [-0.39, 0.29) is 0 Å². The average Bonchev–Trinajstić information content (AvgIpc) is 2.57. The summed E-state index contributed by atoms with van der Waals surface area (Å²) in [5.74, 6) is -1.60. The maximum absolute atomic E-state index is 12.9. The maximum atomic E-state index is 12.9. The number of rotatable bonds is 1. The third kappa shape index (κ3) is 1.55. The average molecular weight is 210 g/mol. The minimum absolute atomic E-state index is 0.733. The highest BCUT2D eigenvalue weighted by Crippen LogP contribution is 2.29. The molecule has 1 heterocycles. The van der Waals surface area contributed by atoms with Crippen LogP contribution >= 0.6 is 11.3 Å². The van der Waals surface area contributed by atoms with E-state index >= 15 is 0 Å². The molecular formula is C11H8F2S. The molecule has 0 aliphatic rings. The van der Waals surface area contributed by atoms with Gasteiger partial charge in [-0.2, -0.15) is 0 Å². The molecule has 2 rings (SSSR count). The Bertz CT molecular complexity index is 460. The molecule has 0 atom stereocenters. The molecule has 2 aromatic rings. The molecule has 1 aromatic carbocycles. The van der Waals surface area contributed by atoms with Crippen molar-refractivity contribution in [2.75, 3.05) is 0 Å². The van der Waals surface area contributed by atoms with Gasteiger partial charge in [-0.25, -0.2) is 8.78 Å². The Labute approximate surface area is 84.8 Å². The van der Waals surface area contributed by atoms with E-state index < -0.39 is 11.6 Å². The van der Waals surface area contributed by atoms with E-state index in [1.165, 1.54) is 17.4 Å². The number of hydrogen-bond donors (Lipinski definition) is 0. The standard InChI is InChI=1S/C11H8F2S/c1-7-4-5-14-11(7)8-2-3-9(12)10(13)6-8/h2-6H,1H3. The van der Waals surface area contributed by atoms with E-state index in [2.05, 4.69) is 0 Å². The molecule has 3 heteroatoms. The third-order valence-corrected chi connectivity index (χ3v) is 3.11. The number of thiophene rings is 1. The second kappa shape index (κ2) is 3.50. The van der Waals surface area contributed by atoms with Gasteiger partial charge in [-0.15, -0.1) is 11.3 Å². The first-order valence-corrected chi connectivity index (χ1v) is 5.06. The Hall–Kier alpha value is -1.22. The summed E-state index contributed by atoms with van der Waals surface area (Å²) < 4.78 is 25.6. The summed E-state index contributed by atoms with van der Waals surface area (Å²) in [6.07, 6.45) is 0. The van der Waals surface area contributed by atoms with E-state index in [0.29, 0.717) is 0 Å². The van der Waals surface area contributed by atoms with Crippen LogP contribution in [-0.4, -0.2) is 0 Å². The van der Waals surface area contributed by atoms with Gasteiger partial charge in [0, 0.05) is 4.88 Å². The second-order valence-corrected chi connectivity index (χ2v) is 3.98. The molecule has 14 heavy (non-hydrogen) atoms.